The lowest BCUT2D eigenvalue weighted by molar-refractivity contribution is 0.340. The molecule has 0 saturated carbocycles. The van der Waals surface area contributed by atoms with Gasteiger partial charge in [0.2, 0.25) is 0 Å². The third-order valence-corrected chi connectivity index (χ3v) is 5.32. The van der Waals surface area contributed by atoms with Gasteiger partial charge in [-0.25, -0.2) is 0 Å². The molecular formula is C16H23Br. The van der Waals surface area contributed by atoms with E-state index in [1.54, 1.807) is 11.1 Å². The molecular weight excluding hydrogens is 272 g/mol. The highest BCUT2D eigenvalue weighted by molar-refractivity contribution is 9.09. The van der Waals surface area contributed by atoms with Gasteiger partial charge in [-0.1, -0.05) is 54.4 Å². The third kappa shape index (κ3) is 3.13. The average molecular weight is 295 g/mol. The fourth-order valence-corrected chi connectivity index (χ4v) is 3.51. The van der Waals surface area contributed by atoms with E-state index in [2.05, 4.69) is 48.0 Å². The topological polar surface area (TPSA) is 0 Å². The van der Waals surface area contributed by atoms with Crippen molar-refractivity contribution in [3.8, 4) is 0 Å². The van der Waals surface area contributed by atoms with Crippen molar-refractivity contribution in [2.45, 2.75) is 52.4 Å². The number of hydrogen-bond donors (Lipinski definition) is 0. The molecule has 0 bridgehead atoms. The van der Waals surface area contributed by atoms with Crippen LogP contribution in [0.4, 0.5) is 0 Å². The van der Waals surface area contributed by atoms with E-state index in [-0.39, 0.29) is 0 Å². The van der Waals surface area contributed by atoms with E-state index in [1.807, 2.05) is 0 Å². The Morgan fingerprint density at radius 2 is 2.00 bits per heavy atom. The molecule has 0 aromatic heterocycles. The third-order valence-electron chi connectivity index (χ3n) is 3.97. The van der Waals surface area contributed by atoms with Gasteiger partial charge in [-0.2, -0.15) is 0 Å². The molecule has 0 radical (unpaired) electrons. The van der Waals surface area contributed by atoms with Crippen LogP contribution in [0.25, 0.3) is 0 Å². The summed E-state index contributed by atoms with van der Waals surface area (Å²) in [6.45, 7) is 4.68. The van der Waals surface area contributed by atoms with E-state index in [4.69, 9.17) is 0 Å². The minimum Gasteiger partial charge on any atom is -0.0922 e. The van der Waals surface area contributed by atoms with E-state index in [9.17, 15) is 0 Å². The number of alkyl halides is 1. The van der Waals surface area contributed by atoms with E-state index in [1.165, 1.54) is 44.1 Å². The predicted molar refractivity (Wildman–Crippen MR) is 79.0 cm³/mol. The summed E-state index contributed by atoms with van der Waals surface area (Å²) in [5, 5.41) is 1.10. The number of benzene rings is 1. The highest BCUT2D eigenvalue weighted by Crippen LogP contribution is 2.32. The molecule has 1 aromatic carbocycles. The lowest BCUT2D eigenvalue weighted by Gasteiger charge is -2.27. The number of fused-ring (bicyclic) bond motifs is 1. The molecule has 0 aliphatic heterocycles. The van der Waals surface area contributed by atoms with Gasteiger partial charge < -0.3 is 0 Å². The summed E-state index contributed by atoms with van der Waals surface area (Å²) in [6.07, 6.45) is 7.72. The second-order valence-electron chi connectivity index (χ2n) is 5.83. The summed E-state index contributed by atoms with van der Waals surface area (Å²) in [5.74, 6) is 0. The molecule has 1 aliphatic carbocycles. The molecule has 17 heavy (non-hydrogen) atoms. The number of hydrogen-bond acceptors (Lipinski definition) is 0. The standard InChI is InChI=1S/C16H23Br/c1-3-9-16(2,12-17)11-13-7-8-14-5-4-6-15(14)10-13/h7-8,10H,3-6,9,11-12H2,1-2H3. The van der Waals surface area contributed by atoms with Gasteiger partial charge in [-0.05, 0) is 54.2 Å². The van der Waals surface area contributed by atoms with Gasteiger partial charge in [-0.3, -0.25) is 0 Å². The van der Waals surface area contributed by atoms with Crippen molar-refractivity contribution in [2.75, 3.05) is 5.33 Å². The van der Waals surface area contributed by atoms with Gasteiger partial charge in [0, 0.05) is 5.33 Å². The lowest BCUT2D eigenvalue weighted by Crippen LogP contribution is -2.21. The maximum atomic E-state index is 3.69. The molecule has 0 spiro atoms. The zero-order valence-corrected chi connectivity index (χ0v) is 12.6. The highest BCUT2D eigenvalue weighted by Gasteiger charge is 2.23. The molecule has 1 unspecified atom stereocenters. The van der Waals surface area contributed by atoms with Crippen molar-refractivity contribution in [3.63, 3.8) is 0 Å². The molecule has 0 amide bonds. The van der Waals surface area contributed by atoms with Crippen LogP contribution in [0.5, 0.6) is 0 Å². The Morgan fingerprint density at radius 3 is 2.71 bits per heavy atom. The Hall–Kier alpha value is -0.300. The summed E-state index contributed by atoms with van der Waals surface area (Å²) < 4.78 is 0. The van der Waals surface area contributed by atoms with Crippen LogP contribution in [-0.4, -0.2) is 5.33 Å². The fourth-order valence-electron chi connectivity index (χ4n) is 3.03. The maximum Gasteiger partial charge on any atom is 0.00885 e. The highest BCUT2D eigenvalue weighted by atomic mass is 79.9. The fraction of sp³-hybridized carbons (Fsp3) is 0.625. The summed E-state index contributed by atoms with van der Waals surface area (Å²) in [5.41, 5.74) is 5.14. The average Bonchev–Trinajstić information content (AvgIpc) is 2.76. The maximum absolute atomic E-state index is 3.69. The van der Waals surface area contributed by atoms with Crippen molar-refractivity contribution >= 4 is 15.9 Å². The minimum absolute atomic E-state index is 0.418. The van der Waals surface area contributed by atoms with E-state index in [0.717, 1.165) is 5.33 Å². The van der Waals surface area contributed by atoms with E-state index in [0.29, 0.717) is 5.41 Å². The van der Waals surface area contributed by atoms with Gasteiger partial charge in [0.15, 0.2) is 0 Å². The van der Waals surface area contributed by atoms with E-state index >= 15 is 0 Å². The van der Waals surface area contributed by atoms with Crippen LogP contribution in [0.2, 0.25) is 0 Å². The van der Waals surface area contributed by atoms with Gasteiger partial charge in [0.25, 0.3) is 0 Å². The normalized spacial score (nSPS) is 17.8. The number of rotatable bonds is 5. The first-order valence-corrected chi connectivity index (χ1v) is 7.96. The summed E-state index contributed by atoms with van der Waals surface area (Å²) in [4.78, 5) is 0. The van der Waals surface area contributed by atoms with Crippen molar-refractivity contribution in [3.05, 3.63) is 34.9 Å². The Balaban J connectivity index is 2.12. The monoisotopic (exact) mass is 294 g/mol. The number of halogens is 1. The molecule has 0 saturated heterocycles. The SMILES string of the molecule is CCCC(C)(CBr)Cc1ccc2c(c1)CCC2. The summed E-state index contributed by atoms with van der Waals surface area (Å²) in [7, 11) is 0. The van der Waals surface area contributed by atoms with Gasteiger partial charge >= 0.3 is 0 Å². The number of aryl methyl sites for hydroxylation is 2. The Kier molecular flexibility index (Phi) is 4.30. The van der Waals surface area contributed by atoms with Crippen molar-refractivity contribution in [2.24, 2.45) is 5.41 Å². The Morgan fingerprint density at radius 1 is 1.24 bits per heavy atom. The molecule has 0 nitrogen and oxygen atoms in total. The molecule has 0 fully saturated rings. The molecule has 2 rings (SSSR count). The van der Waals surface area contributed by atoms with Crippen molar-refractivity contribution in [1.82, 2.24) is 0 Å². The van der Waals surface area contributed by atoms with Gasteiger partial charge in [-0.15, -0.1) is 0 Å². The van der Waals surface area contributed by atoms with Crippen LogP contribution in [-0.2, 0) is 19.3 Å². The van der Waals surface area contributed by atoms with Crippen LogP contribution in [0.3, 0.4) is 0 Å². The molecule has 1 heteroatoms. The molecule has 0 heterocycles. The smallest absolute Gasteiger partial charge is 0.00885 e. The van der Waals surface area contributed by atoms with Crippen molar-refractivity contribution < 1.29 is 0 Å². The first-order chi connectivity index (χ1) is 8.17. The largest absolute Gasteiger partial charge is 0.0922 e. The first-order valence-electron chi connectivity index (χ1n) is 6.83. The second-order valence-corrected chi connectivity index (χ2v) is 6.39. The van der Waals surface area contributed by atoms with Crippen LogP contribution < -0.4 is 0 Å². The predicted octanol–water partition coefficient (Wildman–Crippen LogP) is 4.92. The summed E-state index contributed by atoms with van der Waals surface area (Å²) in [6, 6.07) is 7.16. The summed E-state index contributed by atoms with van der Waals surface area (Å²) >= 11 is 3.69. The minimum atomic E-state index is 0.418. The van der Waals surface area contributed by atoms with Crippen LogP contribution in [0.1, 0.15) is 49.8 Å². The van der Waals surface area contributed by atoms with Gasteiger partial charge in [0.1, 0.15) is 0 Å². The van der Waals surface area contributed by atoms with Crippen LogP contribution in [0.15, 0.2) is 18.2 Å². The zero-order chi connectivity index (χ0) is 12.3. The Labute approximate surface area is 114 Å². The molecule has 1 atom stereocenters. The van der Waals surface area contributed by atoms with Crippen molar-refractivity contribution in [1.29, 1.82) is 0 Å². The van der Waals surface area contributed by atoms with Gasteiger partial charge in [0.05, 0.1) is 0 Å². The van der Waals surface area contributed by atoms with Crippen LogP contribution >= 0.6 is 15.9 Å². The quantitative estimate of drug-likeness (QED) is 0.676. The lowest BCUT2D eigenvalue weighted by atomic mass is 9.81. The first kappa shape index (κ1) is 13.1. The zero-order valence-electron chi connectivity index (χ0n) is 11.1. The molecule has 94 valence electrons. The second kappa shape index (κ2) is 5.56. The Bertz CT molecular complexity index is 383. The van der Waals surface area contributed by atoms with E-state index < -0.39 is 0 Å². The molecule has 1 aliphatic rings. The molecule has 0 N–H and O–H groups in total. The molecule has 1 aromatic rings. The van der Waals surface area contributed by atoms with Crippen LogP contribution in [0, 0.1) is 5.41 Å².